The number of alkyl halides is 2. The van der Waals surface area contributed by atoms with Crippen LogP contribution < -0.4 is 0 Å². The van der Waals surface area contributed by atoms with Crippen LogP contribution >= 0.6 is 11.8 Å². The van der Waals surface area contributed by atoms with Crippen molar-refractivity contribution in [2.24, 2.45) is 0 Å². The van der Waals surface area contributed by atoms with Gasteiger partial charge in [0.05, 0.1) is 0 Å². The molecule has 1 N–H and O–H groups in total. The molecular weight excluding hydrogens is 241 g/mol. The highest BCUT2D eigenvalue weighted by Gasteiger charge is 2.56. The standard InChI is InChI=1S/C10H7F3O2S/c1-16-5-3-2-4(11)6-7(5)9(15)10(12,13)8(6)14/h2-3,8,14H,1H3/t8-/m0/s1. The van der Waals surface area contributed by atoms with Crippen LogP contribution in [0.15, 0.2) is 17.0 Å². The molecule has 2 nitrogen and oxygen atoms in total. The minimum atomic E-state index is -3.94. The number of ketones is 1. The van der Waals surface area contributed by atoms with E-state index in [1.54, 1.807) is 6.26 Å². The molecule has 1 aromatic rings. The fourth-order valence-corrected chi connectivity index (χ4v) is 2.33. The zero-order valence-corrected chi connectivity index (χ0v) is 8.95. The first-order valence-corrected chi connectivity index (χ1v) is 5.60. The Kier molecular flexibility index (Phi) is 2.51. The van der Waals surface area contributed by atoms with Gasteiger partial charge in [0.25, 0.3) is 0 Å². The molecule has 0 fully saturated rings. The van der Waals surface area contributed by atoms with Gasteiger partial charge in [0.15, 0.2) is 6.10 Å². The zero-order chi connectivity index (χ0) is 12.1. The van der Waals surface area contributed by atoms with Crippen LogP contribution in [0.1, 0.15) is 22.0 Å². The highest BCUT2D eigenvalue weighted by atomic mass is 32.2. The number of fused-ring (bicyclic) bond motifs is 1. The highest BCUT2D eigenvalue weighted by Crippen LogP contribution is 2.46. The number of aliphatic hydroxyl groups excluding tert-OH is 1. The molecule has 0 saturated carbocycles. The van der Waals surface area contributed by atoms with E-state index in [0.29, 0.717) is 0 Å². The van der Waals surface area contributed by atoms with Gasteiger partial charge in [-0.1, -0.05) is 0 Å². The van der Waals surface area contributed by atoms with E-state index in [-0.39, 0.29) is 4.90 Å². The molecule has 16 heavy (non-hydrogen) atoms. The SMILES string of the molecule is CSc1ccc(F)c2c1C(=O)C(F)(F)[C@H]2O. The van der Waals surface area contributed by atoms with Gasteiger partial charge < -0.3 is 5.11 Å². The summed E-state index contributed by atoms with van der Waals surface area (Å²) < 4.78 is 39.8. The molecule has 1 atom stereocenters. The van der Waals surface area contributed by atoms with Crippen LogP contribution in [0.4, 0.5) is 13.2 Å². The maximum absolute atomic E-state index is 13.3. The van der Waals surface area contributed by atoms with Gasteiger partial charge in [0.1, 0.15) is 5.82 Å². The Balaban J connectivity index is 2.75. The number of hydrogen-bond donors (Lipinski definition) is 1. The molecule has 86 valence electrons. The summed E-state index contributed by atoms with van der Waals surface area (Å²) in [6.45, 7) is 0. The van der Waals surface area contributed by atoms with Crippen molar-refractivity contribution < 1.29 is 23.1 Å². The Morgan fingerprint density at radius 3 is 2.62 bits per heavy atom. The molecule has 0 unspecified atom stereocenters. The van der Waals surface area contributed by atoms with E-state index in [0.717, 1.165) is 17.8 Å². The first kappa shape index (κ1) is 11.5. The molecule has 0 aliphatic heterocycles. The molecule has 1 aromatic carbocycles. The Morgan fingerprint density at radius 1 is 1.44 bits per heavy atom. The molecule has 0 bridgehead atoms. The fourth-order valence-electron chi connectivity index (χ4n) is 1.72. The van der Waals surface area contributed by atoms with Crippen LogP contribution in [-0.4, -0.2) is 23.1 Å². The van der Waals surface area contributed by atoms with E-state index in [4.69, 9.17) is 0 Å². The molecule has 0 radical (unpaired) electrons. The second-order valence-electron chi connectivity index (χ2n) is 3.39. The van der Waals surface area contributed by atoms with Crippen LogP contribution in [0, 0.1) is 5.82 Å². The lowest BCUT2D eigenvalue weighted by Gasteiger charge is -2.11. The van der Waals surface area contributed by atoms with Crippen molar-refractivity contribution in [3.05, 3.63) is 29.1 Å². The van der Waals surface area contributed by atoms with E-state index in [1.807, 2.05) is 0 Å². The molecule has 2 rings (SSSR count). The molecule has 0 amide bonds. The number of hydrogen-bond acceptors (Lipinski definition) is 3. The topological polar surface area (TPSA) is 37.3 Å². The van der Waals surface area contributed by atoms with Crippen LogP contribution in [-0.2, 0) is 0 Å². The quantitative estimate of drug-likeness (QED) is 0.775. The van der Waals surface area contributed by atoms with Crippen molar-refractivity contribution in [3.8, 4) is 0 Å². The Bertz CT molecular complexity index is 473. The van der Waals surface area contributed by atoms with E-state index in [1.165, 1.54) is 6.07 Å². The van der Waals surface area contributed by atoms with E-state index < -0.39 is 34.8 Å². The minimum Gasteiger partial charge on any atom is -0.381 e. The summed E-state index contributed by atoms with van der Waals surface area (Å²) in [5, 5.41) is 9.26. The second kappa shape index (κ2) is 3.49. The van der Waals surface area contributed by atoms with Crippen molar-refractivity contribution in [2.45, 2.75) is 16.9 Å². The number of Topliss-reactive ketones (excluding diaryl/α,β-unsaturated/α-hetero) is 1. The van der Waals surface area contributed by atoms with Gasteiger partial charge in [0, 0.05) is 16.0 Å². The van der Waals surface area contributed by atoms with Crippen LogP contribution in [0.2, 0.25) is 0 Å². The average molecular weight is 248 g/mol. The number of carbonyl (C=O) groups is 1. The minimum absolute atomic E-state index is 0.248. The molecule has 0 heterocycles. The van der Waals surface area contributed by atoms with E-state index in [2.05, 4.69) is 0 Å². The van der Waals surface area contributed by atoms with Gasteiger partial charge in [-0.15, -0.1) is 11.8 Å². The summed E-state index contributed by atoms with van der Waals surface area (Å²) in [4.78, 5) is 11.6. The second-order valence-corrected chi connectivity index (χ2v) is 4.24. The first-order chi connectivity index (χ1) is 7.41. The van der Waals surface area contributed by atoms with E-state index in [9.17, 15) is 23.1 Å². The van der Waals surface area contributed by atoms with Crippen molar-refractivity contribution in [2.75, 3.05) is 6.26 Å². The fraction of sp³-hybridized carbons (Fsp3) is 0.300. The molecule has 0 spiro atoms. The summed E-state index contributed by atoms with van der Waals surface area (Å²) in [7, 11) is 0. The molecule has 1 aliphatic carbocycles. The van der Waals surface area contributed by atoms with Gasteiger partial charge in [0.2, 0.25) is 5.78 Å². The smallest absolute Gasteiger partial charge is 0.339 e. The van der Waals surface area contributed by atoms with Crippen molar-refractivity contribution >= 4 is 17.5 Å². The summed E-state index contributed by atoms with van der Waals surface area (Å²) in [5.41, 5.74) is -0.994. The molecule has 0 saturated heterocycles. The number of benzene rings is 1. The third kappa shape index (κ3) is 1.29. The first-order valence-electron chi connectivity index (χ1n) is 4.38. The van der Waals surface area contributed by atoms with Crippen molar-refractivity contribution in [3.63, 3.8) is 0 Å². The Hall–Kier alpha value is -1.01. The normalized spacial score (nSPS) is 22.3. The maximum Gasteiger partial charge on any atom is 0.339 e. The predicted octanol–water partition coefficient (Wildman–Crippen LogP) is 2.41. The van der Waals surface area contributed by atoms with E-state index >= 15 is 0 Å². The van der Waals surface area contributed by atoms with Gasteiger partial charge in [-0.05, 0) is 18.4 Å². The maximum atomic E-state index is 13.3. The average Bonchev–Trinajstić information content (AvgIpc) is 2.42. The third-order valence-corrected chi connectivity index (χ3v) is 3.30. The molecule has 6 heteroatoms. The Morgan fingerprint density at radius 2 is 2.06 bits per heavy atom. The van der Waals surface area contributed by atoms with Crippen LogP contribution in [0.25, 0.3) is 0 Å². The largest absolute Gasteiger partial charge is 0.381 e. The number of halogens is 3. The lowest BCUT2D eigenvalue weighted by molar-refractivity contribution is -0.0717. The molecular formula is C10H7F3O2S. The zero-order valence-electron chi connectivity index (χ0n) is 8.13. The Labute approximate surface area is 93.5 Å². The van der Waals surface area contributed by atoms with Gasteiger partial charge in [-0.3, -0.25) is 4.79 Å². The monoisotopic (exact) mass is 248 g/mol. The number of carbonyl (C=O) groups excluding carboxylic acids is 1. The summed E-state index contributed by atoms with van der Waals surface area (Å²) >= 11 is 1.06. The number of thioether (sulfide) groups is 1. The molecule has 0 aromatic heterocycles. The lowest BCUT2D eigenvalue weighted by atomic mass is 10.1. The van der Waals surface area contributed by atoms with Gasteiger partial charge >= 0.3 is 5.92 Å². The van der Waals surface area contributed by atoms with Gasteiger partial charge in [-0.25, -0.2) is 4.39 Å². The van der Waals surface area contributed by atoms with Crippen LogP contribution in [0.5, 0.6) is 0 Å². The highest BCUT2D eigenvalue weighted by molar-refractivity contribution is 7.98. The molecule has 1 aliphatic rings. The third-order valence-electron chi connectivity index (χ3n) is 2.52. The number of rotatable bonds is 1. The number of aliphatic hydroxyl groups is 1. The summed E-state index contributed by atoms with van der Waals surface area (Å²) in [5.74, 6) is -6.43. The predicted molar refractivity (Wildman–Crippen MR) is 52.4 cm³/mol. The van der Waals surface area contributed by atoms with Crippen molar-refractivity contribution in [1.29, 1.82) is 0 Å². The van der Waals surface area contributed by atoms with Crippen molar-refractivity contribution in [1.82, 2.24) is 0 Å². The summed E-state index contributed by atoms with van der Waals surface area (Å²) in [6.07, 6.45) is -0.800. The van der Waals surface area contributed by atoms with Gasteiger partial charge in [-0.2, -0.15) is 8.78 Å². The van der Waals surface area contributed by atoms with Crippen LogP contribution in [0.3, 0.4) is 0 Å². The lowest BCUT2D eigenvalue weighted by Crippen LogP contribution is -2.28. The summed E-state index contributed by atoms with van der Waals surface area (Å²) in [6, 6.07) is 2.23.